The minimum Gasteiger partial charge on any atom is -0.464 e. The summed E-state index contributed by atoms with van der Waals surface area (Å²) in [5, 5.41) is 3.61. The second-order valence-corrected chi connectivity index (χ2v) is 4.45. The Hall–Kier alpha value is -1.76. The van der Waals surface area contributed by atoms with Gasteiger partial charge in [0.2, 0.25) is 0 Å². The van der Waals surface area contributed by atoms with Crippen molar-refractivity contribution >= 4 is 23.3 Å². The first-order valence-corrected chi connectivity index (χ1v) is 6.60. The van der Waals surface area contributed by atoms with Gasteiger partial charge < -0.3 is 4.74 Å². The van der Waals surface area contributed by atoms with Crippen LogP contribution in [-0.4, -0.2) is 23.9 Å². The lowest BCUT2D eigenvalue weighted by Crippen LogP contribution is -2.42. The van der Waals surface area contributed by atoms with Gasteiger partial charge in [-0.1, -0.05) is 23.7 Å². The van der Waals surface area contributed by atoms with Gasteiger partial charge in [0.25, 0.3) is 0 Å². The summed E-state index contributed by atoms with van der Waals surface area (Å²) in [5.41, 5.74) is 3.70. The third-order valence-corrected chi connectivity index (χ3v) is 2.88. The number of rotatable bonds is 5. The van der Waals surface area contributed by atoms with Crippen molar-refractivity contribution in [2.24, 2.45) is 0 Å². The van der Waals surface area contributed by atoms with Gasteiger partial charge in [-0.2, -0.15) is 5.17 Å². The number of para-hydroxylation sites is 1. The van der Waals surface area contributed by atoms with Crippen molar-refractivity contribution in [1.82, 2.24) is 10.7 Å². The van der Waals surface area contributed by atoms with Gasteiger partial charge in [0.1, 0.15) is 0 Å². The van der Waals surface area contributed by atoms with Crippen LogP contribution in [-0.2, 0) is 14.4 Å². The van der Waals surface area contributed by atoms with Gasteiger partial charge in [0.05, 0.1) is 23.5 Å². The maximum atomic E-state index is 11.5. The zero-order valence-corrected chi connectivity index (χ0v) is 12.0. The number of nitrogens with zero attached hydrogens (tertiary/aromatic N) is 2. The quantitative estimate of drug-likeness (QED) is 0.841. The van der Waals surface area contributed by atoms with E-state index in [2.05, 4.69) is 5.53 Å². The van der Waals surface area contributed by atoms with E-state index in [9.17, 15) is 4.79 Å². The van der Waals surface area contributed by atoms with Gasteiger partial charge in [-0.3, -0.25) is 5.01 Å². The van der Waals surface area contributed by atoms with E-state index in [1.165, 1.54) is 5.17 Å². The number of anilines is 1. The number of carbonyl (C=O) groups excluding carboxylic acids is 1. The first kappa shape index (κ1) is 14.6. The van der Waals surface area contributed by atoms with Crippen molar-refractivity contribution in [3.05, 3.63) is 41.7 Å². The van der Waals surface area contributed by atoms with E-state index in [0.717, 1.165) is 5.69 Å². The highest BCUT2D eigenvalue weighted by atomic mass is 35.5. The molecule has 1 aromatic carbocycles. The summed E-state index contributed by atoms with van der Waals surface area (Å²) in [6, 6.07) is 7.37. The third kappa shape index (κ3) is 3.41. The topological polar surface area (TPSA) is 54.0 Å². The van der Waals surface area contributed by atoms with Crippen LogP contribution < -0.4 is 10.5 Å². The molecule has 1 aliphatic heterocycles. The van der Waals surface area contributed by atoms with Crippen LogP contribution in [0.25, 0.3) is 0 Å². The summed E-state index contributed by atoms with van der Waals surface area (Å²) in [5.74, 6) is -0.418. The van der Waals surface area contributed by atoms with Crippen molar-refractivity contribution in [2.45, 2.75) is 20.0 Å². The van der Waals surface area contributed by atoms with E-state index in [1.807, 2.05) is 18.2 Å². The third-order valence-electron chi connectivity index (χ3n) is 2.56. The number of esters is 1. The van der Waals surface area contributed by atoms with Crippen LogP contribution in [0, 0.1) is 0 Å². The molecule has 108 valence electrons. The van der Waals surface area contributed by atoms with Crippen LogP contribution in [0.15, 0.2) is 36.7 Å². The molecule has 2 rings (SSSR count). The number of hydrogen-bond acceptors (Lipinski definition) is 6. The zero-order valence-electron chi connectivity index (χ0n) is 11.2. The highest BCUT2D eigenvalue weighted by Gasteiger charge is 2.22. The van der Waals surface area contributed by atoms with Gasteiger partial charge >= 0.3 is 5.97 Å². The van der Waals surface area contributed by atoms with Crippen molar-refractivity contribution in [1.29, 1.82) is 0 Å². The lowest BCUT2D eigenvalue weighted by Gasteiger charge is -2.24. The Kier molecular flexibility index (Phi) is 4.84. The molecule has 1 unspecified atom stereocenters. The molecular weight excluding hydrogens is 282 g/mol. The Morgan fingerprint density at radius 3 is 2.85 bits per heavy atom. The smallest absolute Gasteiger partial charge is 0.337 e. The minimum atomic E-state index is -0.710. The summed E-state index contributed by atoms with van der Waals surface area (Å²) in [4.78, 5) is 16.9. The number of ether oxygens (including phenoxy) is 1. The predicted molar refractivity (Wildman–Crippen MR) is 75.2 cm³/mol. The molecule has 1 heterocycles. The molecule has 20 heavy (non-hydrogen) atoms. The molecule has 0 bridgehead atoms. The monoisotopic (exact) mass is 297 g/mol. The van der Waals surface area contributed by atoms with Gasteiger partial charge in [0.15, 0.2) is 6.10 Å². The molecule has 1 atom stereocenters. The fourth-order valence-electron chi connectivity index (χ4n) is 1.61. The van der Waals surface area contributed by atoms with Crippen LogP contribution in [0.1, 0.15) is 13.8 Å². The van der Waals surface area contributed by atoms with E-state index in [4.69, 9.17) is 21.2 Å². The normalized spacial score (nSPS) is 15.6. The molecule has 0 aliphatic carbocycles. The summed E-state index contributed by atoms with van der Waals surface area (Å²) < 4.78 is 4.87. The number of halogens is 1. The Balaban J connectivity index is 1.92. The second kappa shape index (κ2) is 6.60. The molecule has 0 saturated heterocycles. The molecule has 0 radical (unpaired) electrons. The molecular formula is C13H16ClN3O3. The summed E-state index contributed by atoms with van der Waals surface area (Å²) in [7, 11) is 0. The van der Waals surface area contributed by atoms with Crippen molar-refractivity contribution in [3.8, 4) is 0 Å². The molecule has 1 aromatic rings. The molecule has 0 saturated carbocycles. The highest BCUT2D eigenvalue weighted by Crippen LogP contribution is 2.25. The van der Waals surface area contributed by atoms with Crippen LogP contribution in [0.3, 0.4) is 0 Å². The van der Waals surface area contributed by atoms with Gasteiger partial charge in [-0.05, 0) is 26.0 Å². The van der Waals surface area contributed by atoms with E-state index < -0.39 is 12.1 Å². The Morgan fingerprint density at radius 2 is 2.15 bits per heavy atom. The fourth-order valence-corrected chi connectivity index (χ4v) is 1.84. The maximum Gasteiger partial charge on any atom is 0.337 e. The maximum absolute atomic E-state index is 11.5. The van der Waals surface area contributed by atoms with Crippen molar-refractivity contribution in [3.63, 3.8) is 0 Å². The SMILES string of the molecule is CCOC(=O)C(C)ON1C=CN(c2ccccc2Cl)N1. The van der Waals surface area contributed by atoms with E-state index in [0.29, 0.717) is 11.6 Å². The van der Waals surface area contributed by atoms with E-state index in [1.54, 1.807) is 37.3 Å². The van der Waals surface area contributed by atoms with Gasteiger partial charge in [-0.25, -0.2) is 9.63 Å². The number of hydrazine groups is 2. The van der Waals surface area contributed by atoms with Gasteiger partial charge in [-0.15, -0.1) is 5.53 Å². The average Bonchev–Trinajstić information content (AvgIpc) is 2.87. The van der Waals surface area contributed by atoms with E-state index >= 15 is 0 Å². The summed E-state index contributed by atoms with van der Waals surface area (Å²) in [6.07, 6.45) is 2.66. The van der Waals surface area contributed by atoms with E-state index in [-0.39, 0.29) is 0 Å². The highest BCUT2D eigenvalue weighted by molar-refractivity contribution is 6.33. The second-order valence-electron chi connectivity index (χ2n) is 4.05. The molecule has 0 fully saturated rings. The Morgan fingerprint density at radius 1 is 1.40 bits per heavy atom. The van der Waals surface area contributed by atoms with Crippen LogP contribution in [0.2, 0.25) is 5.02 Å². The average molecular weight is 298 g/mol. The molecule has 0 amide bonds. The Labute approximate surface area is 122 Å². The number of carbonyl (C=O) groups is 1. The Bertz CT molecular complexity index is 509. The number of hydroxylamine groups is 1. The van der Waals surface area contributed by atoms with Gasteiger partial charge in [0, 0.05) is 6.20 Å². The molecule has 6 nitrogen and oxygen atoms in total. The largest absolute Gasteiger partial charge is 0.464 e. The predicted octanol–water partition coefficient (Wildman–Crippen LogP) is 2.24. The number of benzene rings is 1. The van der Waals surface area contributed by atoms with Crippen LogP contribution in [0.5, 0.6) is 0 Å². The molecule has 7 heteroatoms. The lowest BCUT2D eigenvalue weighted by atomic mass is 10.3. The molecule has 0 spiro atoms. The first-order chi connectivity index (χ1) is 9.61. The minimum absolute atomic E-state index is 0.321. The van der Waals surface area contributed by atoms with Crippen LogP contribution in [0.4, 0.5) is 5.69 Å². The molecule has 0 aromatic heterocycles. The zero-order chi connectivity index (χ0) is 14.5. The fraction of sp³-hybridized carbons (Fsp3) is 0.308. The number of nitrogens with one attached hydrogen (secondary N) is 1. The van der Waals surface area contributed by atoms with Crippen molar-refractivity contribution < 1.29 is 14.4 Å². The molecule has 1 aliphatic rings. The summed E-state index contributed by atoms with van der Waals surface area (Å²) >= 11 is 6.10. The lowest BCUT2D eigenvalue weighted by molar-refractivity contribution is -0.205. The first-order valence-electron chi connectivity index (χ1n) is 6.23. The summed E-state index contributed by atoms with van der Waals surface area (Å²) in [6.45, 7) is 3.69. The standard InChI is InChI=1S/C13H16ClN3O3/c1-3-19-13(18)10(2)20-17-9-8-16(15-17)12-7-5-4-6-11(12)14/h4-10,15H,3H2,1-2H3. The number of hydrogen-bond donors (Lipinski definition) is 1. The van der Waals surface area contributed by atoms with Crippen molar-refractivity contribution in [2.75, 3.05) is 11.6 Å². The van der Waals surface area contributed by atoms with Crippen LogP contribution >= 0.6 is 11.6 Å². The molecule has 1 N–H and O–H groups in total.